The lowest BCUT2D eigenvalue weighted by atomic mass is 10.2. The fourth-order valence-corrected chi connectivity index (χ4v) is 1.47. The molecule has 1 aliphatic carbocycles. The normalized spacial score (nSPS) is 16.1. The first-order valence-corrected chi connectivity index (χ1v) is 5.03. The van der Waals surface area contributed by atoms with E-state index in [9.17, 15) is 0 Å². The van der Waals surface area contributed by atoms with Crippen LogP contribution in [0.2, 0.25) is 0 Å². The van der Waals surface area contributed by atoms with Crippen molar-refractivity contribution < 1.29 is 9.15 Å². The van der Waals surface area contributed by atoms with Crippen molar-refractivity contribution in [3.05, 3.63) is 17.8 Å². The number of aromatic nitrogens is 1. The highest BCUT2D eigenvalue weighted by Gasteiger charge is 2.29. The summed E-state index contributed by atoms with van der Waals surface area (Å²) in [4.78, 5) is 4.21. The van der Waals surface area contributed by atoms with Crippen molar-refractivity contribution >= 4 is 0 Å². The van der Waals surface area contributed by atoms with Crippen LogP contribution in [-0.2, 0) is 11.3 Å². The third kappa shape index (κ3) is 2.33. The summed E-state index contributed by atoms with van der Waals surface area (Å²) < 4.78 is 10.3. The third-order valence-corrected chi connectivity index (χ3v) is 2.40. The zero-order valence-electron chi connectivity index (χ0n) is 8.45. The number of nitrogens with one attached hydrogen (secondary N) is 1. The topological polar surface area (TPSA) is 47.3 Å². The van der Waals surface area contributed by atoms with Gasteiger partial charge in [0.25, 0.3) is 0 Å². The van der Waals surface area contributed by atoms with E-state index < -0.39 is 0 Å². The Balaban J connectivity index is 1.80. The van der Waals surface area contributed by atoms with Crippen molar-refractivity contribution in [2.75, 3.05) is 20.3 Å². The predicted molar refractivity (Wildman–Crippen MR) is 52.1 cm³/mol. The maximum absolute atomic E-state index is 5.36. The molecule has 2 rings (SSSR count). The Labute approximate surface area is 83.7 Å². The fourth-order valence-electron chi connectivity index (χ4n) is 1.47. The Bertz CT molecular complexity index is 281. The first-order valence-electron chi connectivity index (χ1n) is 5.03. The Morgan fingerprint density at radius 1 is 1.64 bits per heavy atom. The summed E-state index contributed by atoms with van der Waals surface area (Å²) in [5, 5.41) is 3.26. The van der Waals surface area contributed by atoms with Gasteiger partial charge in [0.1, 0.15) is 5.76 Å². The van der Waals surface area contributed by atoms with Crippen LogP contribution in [0.1, 0.15) is 30.2 Å². The zero-order valence-corrected chi connectivity index (χ0v) is 8.45. The van der Waals surface area contributed by atoms with E-state index in [0.717, 1.165) is 31.2 Å². The van der Waals surface area contributed by atoms with Crippen LogP contribution in [0.15, 0.2) is 10.8 Å². The molecule has 78 valence electrons. The quantitative estimate of drug-likeness (QED) is 0.696. The van der Waals surface area contributed by atoms with E-state index in [1.165, 1.54) is 12.8 Å². The van der Waals surface area contributed by atoms with E-state index in [2.05, 4.69) is 10.3 Å². The van der Waals surface area contributed by atoms with Crippen LogP contribution in [0.3, 0.4) is 0 Å². The molecular weight excluding hydrogens is 180 g/mol. The lowest BCUT2D eigenvalue weighted by Crippen LogP contribution is -2.19. The van der Waals surface area contributed by atoms with Crippen LogP contribution in [0.5, 0.6) is 0 Å². The van der Waals surface area contributed by atoms with Crippen LogP contribution in [0.25, 0.3) is 0 Å². The van der Waals surface area contributed by atoms with Crippen LogP contribution in [0.4, 0.5) is 0 Å². The molecule has 0 bridgehead atoms. The van der Waals surface area contributed by atoms with E-state index in [1.54, 1.807) is 13.5 Å². The van der Waals surface area contributed by atoms with Crippen molar-refractivity contribution in [1.82, 2.24) is 10.3 Å². The molecule has 0 saturated heterocycles. The Kier molecular flexibility index (Phi) is 3.16. The van der Waals surface area contributed by atoms with E-state index in [1.807, 2.05) is 0 Å². The molecule has 0 unspecified atom stereocenters. The summed E-state index contributed by atoms with van der Waals surface area (Å²) in [6.07, 6.45) is 4.04. The molecule has 1 heterocycles. The predicted octanol–water partition coefficient (Wildman–Crippen LogP) is 1.29. The smallest absolute Gasteiger partial charge is 0.181 e. The molecule has 1 aromatic rings. The SMILES string of the molecule is COCCNCc1ncoc1C1CC1. The molecule has 0 aliphatic heterocycles. The molecular formula is C10H16N2O2. The second-order valence-electron chi connectivity index (χ2n) is 3.61. The number of methoxy groups -OCH3 is 1. The molecule has 14 heavy (non-hydrogen) atoms. The van der Waals surface area contributed by atoms with Gasteiger partial charge in [-0.15, -0.1) is 0 Å². The van der Waals surface area contributed by atoms with Gasteiger partial charge in [0.15, 0.2) is 6.39 Å². The van der Waals surface area contributed by atoms with Crippen molar-refractivity contribution in [3.63, 3.8) is 0 Å². The number of oxazole rings is 1. The first-order chi connectivity index (χ1) is 6.92. The average molecular weight is 196 g/mol. The van der Waals surface area contributed by atoms with Gasteiger partial charge < -0.3 is 14.5 Å². The van der Waals surface area contributed by atoms with Gasteiger partial charge in [-0.1, -0.05) is 0 Å². The molecule has 0 amide bonds. The standard InChI is InChI=1S/C10H16N2O2/c1-13-5-4-11-6-9-10(8-2-3-8)14-7-12-9/h7-8,11H,2-6H2,1H3. The maximum Gasteiger partial charge on any atom is 0.181 e. The third-order valence-electron chi connectivity index (χ3n) is 2.40. The van der Waals surface area contributed by atoms with E-state index in [4.69, 9.17) is 9.15 Å². The van der Waals surface area contributed by atoms with Gasteiger partial charge >= 0.3 is 0 Å². The minimum atomic E-state index is 0.636. The van der Waals surface area contributed by atoms with Crippen LogP contribution in [0, 0.1) is 0 Å². The molecule has 1 aromatic heterocycles. The van der Waals surface area contributed by atoms with Gasteiger partial charge in [-0.25, -0.2) is 4.98 Å². The molecule has 1 N–H and O–H groups in total. The number of hydrogen-bond donors (Lipinski definition) is 1. The van der Waals surface area contributed by atoms with Gasteiger partial charge in [-0.2, -0.15) is 0 Å². The van der Waals surface area contributed by atoms with Crippen molar-refractivity contribution in [2.24, 2.45) is 0 Å². The van der Waals surface area contributed by atoms with Crippen molar-refractivity contribution in [3.8, 4) is 0 Å². The molecule has 0 spiro atoms. The van der Waals surface area contributed by atoms with Gasteiger partial charge in [0, 0.05) is 26.1 Å². The molecule has 4 nitrogen and oxygen atoms in total. The van der Waals surface area contributed by atoms with E-state index in [0.29, 0.717) is 5.92 Å². The minimum absolute atomic E-state index is 0.636. The van der Waals surface area contributed by atoms with Crippen LogP contribution in [-0.4, -0.2) is 25.2 Å². The maximum atomic E-state index is 5.36. The Morgan fingerprint density at radius 3 is 3.21 bits per heavy atom. The number of hydrogen-bond acceptors (Lipinski definition) is 4. The van der Waals surface area contributed by atoms with Gasteiger partial charge in [-0.3, -0.25) is 0 Å². The summed E-state index contributed by atoms with van der Waals surface area (Å²) in [6.45, 7) is 2.37. The highest BCUT2D eigenvalue weighted by Crippen LogP contribution is 2.41. The monoisotopic (exact) mass is 196 g/mol. The largest absolute Gasteiger partial charge is 0.448 e. The minimum Gasteiger partial charge on any atom is -0.448 e. The average Bonchev–Trinajstić information content (AvgIpc) is 2.94. The van der Waals surface area contributed by atoms with Crippen molar-refractivity contribution in [1.29, 1.82) is 0 Å². The highest BCUT2D eigenvalue weighted by atomic mass is 16.5. The lowest BCUT2D eigenvalue weighted by molar-refractivity contribution is 0.199. The molecule has 1 fully saturated rings. The zero-order chi connectivity index (χ0) is 9.80. The first kappa shape index (κ1) is 9.68. The number of ether oxygens (including phenoxy) is 1. The van der Waals surface area contributed by atoms with Gasteiger partial charge in [0.05, 0.1) is 12.3 Å². The molecule has 4 heteroatoms. The van der Waals surface area contributed by atoms with Crippen LogP contribution >= 0.6 is 0 Å². The van der Waals surface area contributed by atoms with Crippen LogP contribution < -0.4 is 5.32 Å². The summed E-state index contributed by atoms with van der Waals surface area (Å²) in [6, 6.07) is 0. The number of rotatable bonds is 6. The molecule has 1 saturated carbocycles. The Morgan fingerprint density at radius 2 is 2.50 bits per heavy atom. The van der Waals surface area contributed by atoms with E-state index >= 15 is 0 Å². The van der Waals surface area contributed by atoms with Gasteiger partial charge in [0.2, 0.25) is 0 Å². The van der Waals surface area contributed by atoms with Gasteiger partial charge in [-0.05, 0) is 12.8 Å². The summed E-state index contributed by atoms with van der Waals surface area (Å²) in [5.41, 5.74) is 1.06. The van der Waals surface area contributed by atoms with E-state index in [-0.39, 0.29) is 0 Å². The molecule has 0 radical (unpaired) electrons. The summed E-state index contributed by atoms with van der Waals surface area (Å²) >= 11 is 0. The molecule has 1 aliphatic rings. The second kappa shape index (κ2) is 4.57. The highest BCUT2D eigenvalue weighted by molar-refractivity contribution is 5.17. The lowest BCUT2D eigenvalue weighted by Gasteiger charge is -2.02. The fraction of sp³-hybridized carbons (Fsp3) is 0.700. The van der Waals surface area contributed by atoms with Crippen molar-refractivity contribution in [2.45, 2.75) is 25.3 Å². The Hall–Kier alpha value is -0.870. The number of nitrogens with zero attached hydrogens (tertiary/aromatic N) is 1. The summed E-state index contributed by atoms with van der Waals surface area (Å²) in [5.74, 6) is 1.71. The second-order valence-corrected chi connectivity index (χ2v) is 3.61. The summed E-state index contributed by atoms with van der Waals surface area (Å²) in [7, 11) is 1.70. The molecule has 0 atom stereocenters. The molecule has 0 aromatic carbocycles.